The molecule has 1 aromatic heterocycles. The maximum absolute atomic E-state index is 12.3. The molecule has 0 fully saturated rings. The van der Waals surface area contributed by atoms with E-state index in [9.17, 15) is 9.59 Å². The van der Waals surface area contributed by atoms with Crippen molar-refractivity contribution in [3.8, 4) is 11.5 Å². The van der Waals surface area contributed by atoms with Crippen LogP contribution in [-0.4, -0.2) is 44.1 Å². The topological polar surface area (TPSA) is 79.9 Å². The van der Waals surface area contributed by atoms with Crippen LogP contribution in [-0.2, 0) is 16.1 Å². The molecule has 2 heterocycles. The summed E-state index contributed by atoms with van der Waals surface area (Å²) in [5, 5.41) is 8.69. The number of likely N-dealkylation sites (N-methyl/N-ethyl adjacent to an activating group) is 1. The van der Waals surface area contributed by atoms with Gasteiger partial charge in [-0.25, -0.2) is 0 Å². The fourth-order valence-electron chi connectivity index (χ4n) is 3.41. The van der Waals surface area contributed by atoms with Crippen molar-refractivity contribution in [2.75, 3.05) is 27.4 Å². The molecule has 3 aromatic rings. The number of nitrogens with one attached hydrogen (secondary N) is 2. The molecule has 0 saturated heterocycles. The molecule has 8 heteroatoms. The molecule has 0 saturated carbocycles. The predicted molar refractivity (Wildman–Crippen MR) is 116 cm³/mol. The van der Waals surface area contributed by atoms with Crippen molar-refractivity contribution in [1.29, 1.82) is 0 Å². The average molecular weight is 426 g/mol. The van der Waals surface area contributed by atoms with E-state index in [4.69, 9.17) is 9.47 Å². The fourth-order valence-corrected chi connectivity index (χ4v) is 4.42. The molecule has 4 rings (SSSR count). The van der Waals surface area contributed by atoms with Crippen LogP contribution < -0.4 is 20.1 Å². The summed E-state index contributed by atoms with van der Waals surface area (Å²) in [6.07, 6.45) is 0. The van der Waals surface area contributed by atoms with Crippen LogP contribution in [0.25, 0.3) is 10.1 Å². The number of benzene rings is 2. The molecule has 30 heavy (non-hydrogen) atoms. The van der Waals surface area contributed by atoms with Crippen molar-refractivity contribution >= 4 is 33.2 Å². The fraction of sp³-hybridized carbons (Fsp3) is 0.273. The first-order valence-electron chi connectivity index (χ1n) is 9.60. The van der Waals surface area contributed by atoms with Crippen LogP contribution in [0.5, 0.6) is 11.5 Å². The molecule has 0 aliphatic carbocycles. The minimum atomic E-state index is -0.666. The van der Waals surface area contributed by atoms with Crippen LogP contribution in [0.15, 0.2) is 47.8 Å². The minimum absolute atomic E-state index is 0.0354. The van der Waals surface area contributed by atoms with Crippen LogP contribution in [0.2, 0.25) is 0 Å². The summed E-state index contributed by atoms with van der Waals surface area (Å²) < 4.78 is 11.8. The van der Waals surface area contributed by atoms with E-state index in [1.807, 2.05) is 37.2 Å². The van der Waals surface area contributed by atoms with Crippen molar-refractivity contribution in [3.63, 3.8) is 0 Å². The van der Waals surface area contributed by atoms with Gasteiger partial charge in [-0.05, 0) is 54.2 Å². The van der Waals surface area contributed by atoms with E-state index in [1.165, 1.54) is 10.1 Å². The van der Waals surface area contributed by atoms with Crippen LogP contribution >= 0.6 is 11.3 Å². The van der Waals surface area contributed by atoms with Crippen LogP contribution in [0.3, 0.4) is 0 Å². The SMILES string of the molecule is CN(C)C(CNC(=O)C(=O)NCc1ccc2c(c1)OCO2)c1csc2ccccc12. The van der Waals surface area contributed by atoms with Crippen molar-refractivity contribution in [2.45, 2.75) is 12.6 Å². The smallest absolute Gasteiger partial charge is 0.309 e. The standard InChI is InChI=1S/C22H23N3O4S/c1-25(2)17(16-12-30-20-6-4-3-5-15(16)20)11-24-22(27)21(26)23-10-14-7-8-18-19(9-14)29-13-28-18/h3-9,12,17H,10-11,13H2,1-2H3,(H,23,26)(H,24,27). The van der Waals surface area contributed by atoms with Gasteiger partial charge in [0.2, 0.25) is 6.79 Å². The van der Waals surface area contributed by atoms with E-state index in [2.05, 4.69) is 28.1 Å². The first-order chi connectivity index (χ1) is 14.5. The van der Waals surface area contributed by atoms with E-state index in [-0.39, 0.29) is 19.4 Å². The number of nitrogens with zero attached hydrogens (tertiary/aromatic N) is 1. The van der Waals surface area contributed by atoms with Gasteiger partial charge >= 0.3 is 11.8 Å². The number of rotatable bonds is 6. The van der Waals surface area contributed by atoms with Crippen molar-refractivity contribution < 1.29 is 19.1 Å². The monoisotopic (exact) mass is 425 g/mol. The minimum Gasteiger partial charge on any atom is -0.454 e. The Morgan fingerprint density at radius 3 is 2.67 bits per heavy atom. The molecule has 2 aromatic carbocycles. The molecular formula is C22H23N3O4S. The number of fused-ring (bicyclic) bond motifs is 2. The zero-order valence-electron chi connectivity index (χ0n) is 16.8. The third-order valence-electron chi connectivity index (χ3n) is 5.05. The van der Waals surface area contributed by atoms with Gasteiger partial charge in [0.05, 0.1) is 6.04 Å². The number of hydrogen-bond acceptors (Lipinski definition) is 6. The quantitative estimate of drug-likeness (QED) is 0.594. The zero-order valence-corrected chi connectivity index (χ0v) is 17.6. The number of hydrogen-bond donors (Lipinski definition) is 2. The largest absolute Gasteiger partial charge is 0.454 e. The van der Waals surface area contributed by atoms with Crippen LogP contribution in [0.4, 0.5) is 0 Å². The number of amides is 2. The number of ether oxygens (including phenoxy) is 2. The maximum Gasteiger partial charge on any atom is 0.309 e. The van der Waals surface area contributed by atoms with Crippen molar-refractivity contribution in [1.82, 2.24) is 15.5 Å². The highest BCUT2D eigenvalue weighted by Crippen LogP contribution is 2.33. The lowest BCUT2D eigenvalue weighted by Crippen LogP contribution is -2.42. The molecule has 1 atom stereocenters. The van der Waals surface area contributed by atoms with E-state index < -0.39 is 11.8 Å². The van der Waals surface area contributed by atoms with E-state index in [0.29, 0.717) is 18.0 Å². The molecule has 1 aliphatic rings. The third kappa shape index (κ3) is 4.24. The normalized spacial score (nSPS) is 13.4. The molecule has 2 N–H and O–H groups in total. The Kier molecular flexibility index (Phi) is 5.87. The summed E-state index contributed by atoms with van der Waals surface area (Å²) >= 11 is 1.68. The lowest BCUT2D eigenvalue weighted by molar-refractivity contribution is -0.139. The Balaban J connectivity index is 1.34. The van der Waals surface area contributed by atoms with E-state index >= 15 is 0 Å². The molecule has 2 amide bonds. The van der Waals surface area contributed by atoms with Gasteiger partial charge in [-0.2, -0.15) is 0 Å². The lowest BCUT2D eigenvalue weighted by Gasteiger charge is -2.24. The van der Waals surface area contributed by atoms with Gasteiger partial charge in [0.15, 0.2) is 11.5 Å². The Morgan fingerprint density at radius 1 is 1.07 bits per heavy atom. The van der Waals surface area contributed by atoms with Gasteiger partial charge in [-0.15, -0.1) is 11.3 Å². The second-order valence-corrected chi connectivity index (χ2v) is 8.16. The maximum atomic E-state index is 12.3. The predicted octanol–water partition coefficient (Wildman–Crippen LogP) is 2.67. The Labute approximate surface area is 178 Å². The summed E-state index contributed by atoms with van der Waals surface area (Å²) in [7, 11) is 3.92. The molecule has 7 nitrogen and oxygen atoms in total. The third-order valence-corrected chi connectivity index (χ3v) is 6.03. The molecule has 156 valence electrons. The number of carbonyl (C=O) groups is 2. The summed E-state index contributed by atoms with van der Waals surface area (Å²) in [6.45, 7) is 0.763. The summed E-state index contributed by atoms with van der Waals surface area (Å²) in [5.74, 6) is 0.00370. The van der Waals surface area contributed by atoms with Gasteiger partial charge < -0.3 is 25.0 Å². The van der Waals surface area contributed by atoms with Gasteiger partial charge in [0, 0.05) is 17.8 Å². The highest BCUT2D eigenvalue weighted by molar-refractivity contribution is 7.17. The average Bonchev–Trinajstić information content (AvgIpc) is 3.38. The second-order valence-electron chi connectivity index (χ2n) is 7.25. The van der Waals surface area contributed by atoms with Crippen LogP contribution in [0, 0.1) is 0 Å². The molecular weight excluding hydrogens is 402 g/mol. The summed E-state index contributed by atoms with van der Waals surface area (Å²) in [4.78, 5) is 26.6. The van der Waals surface area contributed by atoms with Gasteiger partial charge in [0.1, 0.15) is 0 Å². The zero-order chi connectivity index (χ0) is 21.1. The molecule has 0 spiro atoms. The highest BCUT2D eigenvalue weighted by atomic mass is 32.1. The van der Waals surface area contributed by atoms with Gasteiger partial charge in [-0.3, -0.25) is 9.59 Å². The Hall–Kier alpha value is -3.10. The number of thiophene rings is 1. The van der Waals surface area contributed by atoms with Crippen molar-refractivity contribution in [2.24, 2.45) is 0 Å². The Morgan fingerprint density at radius 2 is 1.83 bits per heavy atom. The number of carbonyl (C=O) groups excluding carboxylic acids is 2. The van der Waals surface area contributed by atoms with Crippen LogP contribution in [0.1, 0.15) is 17.2 Å². The summed E-state index contributed by atoms with van der Waals surface area (Å²) in [6, 6.07) is 13.6. The Bertz CT molecular complexity index is 1080. The second kappa shape index (κ2) is 8.73. The highest BCUT2D eigenvalue weighted by Gasteiger charge is 2.21. The van der Waals surface area contributed by atoms with Crippen molar-refractivity contribution in [3.05, 3.63) is 59.0 Å². The molecule has 1 aliphatic heterocycles. The van der Waals surface area contributed by atoms with E-state index in [0.717, 1.165) is 11.1 Å². The summed E-state index contributed by atoms with van der Waals surface area (Å²) in [5.41, 5.74) is 1.97. The van der Waals surface area contributed by atoms with E-state index in [1.54, 1.807) is 23.5 Å². The molecule has 0 bridgehead atoms. The first-order valence-corrected chi connectivity index (χ1v) is 10.5. The molecule has 0 radical (unpaired) electrons. The first kappa shape index (κ1) is 20.2. The van der Waals surface area contributed by atoms with Gasteiger partial charge in [0.25, 0.3) is 0 Å². The lowest BCUT2D eigenvalue weighted by atomic mass is 10.0. The van der Waals surface area contributed by atoms with Gasteiger partial charge in [-0.1, -0.05) is 24.3 Å². The molecule has 1 unspecified atom stereocenters.